The van der Waals surface area contributed by atoms with Crippen molar-refractivity contribution >= 4 is 40.6 Å². The molecule has 1 heterocycles. The van der Waals surface area contributed by atoms with Gasteiger partial charge in [-0.05, 0) is 43.0 Å². The van der Waals surface area contributed by atoms with Crippen molar-refractivity contribution in [3.05, 3.63) is 35.4 Å². The number of nitrogens with zero attached hydrogens (tertiary/aromatic N) is 1. The van der Waals surface area contributed by atoms with Crippen LogP contribution in [0.25, 0.3) is 0 Å². The highest BCUT2D eigenvalue weighted by atomic mass is 35.5. The summed E-state index contributed by atoms with van der Waals surface area (Å²) in [6.45, 7) is 2.40. The Labute approximate surface area is 174 Å². The Morgan fingerprint density at radius 1 is 1.19 bits per heavy atom. The number of carbonyl (C=O) groups excluding carboxylic acids is 1. The molecule has 0 bridgehead atoms. The molecule has 3 rings (SSSR count). The monoisotopic (exact) mass is 437 g/mol. The van der Waals surface area contributed by atoms with E-state index in [0.29, 0.717) is 37.7 Å². The van der Waals surface area contributed by atoms with E-state index in [1.165, 1.54) is 0 Å². The first-order chi connectivity index (χ1) is 12.0. The number of hydrogen-bond donors (Lipinski definition) is 2. The highest BCUT2D eigenvalue weighted by Crippen LogP contribution is 2.25. The summed E-state index contributed by atoms with van der Waals surface area (Å²) in [5, 5.41) is 3.13. The van der Waals surface area contributed by atoms with Crippen molar-refractivity contribution in [3.63, 3.8) is 0 Å². The topological polar surface area (TPSA) is 92.5 Å². The maximum absolute atomic E-state index is 12.5. The van der Waals surface area contributed by atoms with Gasteiger partial charge in [-0.25, -0.2) is 8.42 Å². The van der Waals surface area contributed by atoms with Crippen molar-refractivity contribution < 1.29 is 13.2 Å². The second kappa shape index (κ2) is 10.6. The van der Waals surface area contributed by atoms with Crippen LogP contribution in [-0.2, 0) is 16.4 Å². The van der Waals surface area contributed by atoms with Crippen LogP contribution in [0.3, 0.4) is 0 Å². The summed E-state index contributed by atoms with van der Waals surface area (Å²) >= 11 is 0. The number of halogens is 2. The summed E-state index contributed by atoms with van der Waals surface area (Å²) in [6.07, 6.45) is 3.19. The van der Waals surface area contributed by atoms with Gasteiger partial charge in [0.15, 0.2) is 9.84 Å². The lowest BCUT2D eigenvalue weighted by Gasteiger charge is -2.26. The highest BCUT2D eigenvalue weighted by molar-refractivity contribution is 7.91. The molecular weight excluding hydrogens is 409 g/mol. The Hall–Kier alpha value is -0.860. The molecule has 154 valence electrons. The molecule has 2 unspecified atom stereocenters. The smallest absolute Gasteiger partial charge is 0.251 e. The Kier molecular flexibility index (Phi) is 9.51. The summed E-state index contributed by atoms with van der Waals surface area (Å²) in [5.41, 5.74) is 7.48. The number of amides is 1. The Bertz CT molecular complexity index is 716. The second-order valence-corrected chi connectivity index (χ2v) is 9.44. The van der Waals surface area contributed by atoms with Gasteiger partial charge in [-0.2, -0.15) is 0 Å². The zero-order valence-electron chi connectivity index (χ0n) is 15.3. The van der Waals surface area contributed by atoms with Gasteiger partial charge in [0, 0.05) is 31.2 Å². The average Bonchev–Trinajstić information content (AvgIpc) is 3.04. The lowest BCUT2D eigenvalue weighted by atomic mass is 10.0. The summed E-state index contributed by atoms with van der Waals surface area (Å²) in [4.78, 5) is 14.7. The summed E-state index contributed by atoms with van der Waals surface area (Å²) in [5.74, 6) is 0.765. The zero-order valence-corrected chi connectivity index (χ0v) is 17.8. The molecule has 0 spiro atoms. The molecule has 6 nitrogen and oxygen atoms in total. The van der Waals surface area contributed by atoms with Crippen molar-refractivity contribution in [1.29, 1.82) is 0 Å². The van der Waals surface area contributed by atoms with Gasteiger partial charge >= 0.3 is 0 Å². The van der Waals surface area contributed by atoms with Gasteiger partial charge < -0.3 is 11.1 Å². The number of carbonyl (C=O) groups is 1. The normalized spacial score (nSPS) is 24.5. The predicted molar refractivity (Wildman–Crippen MR) is 113 cm³/mol. The van der Waals surface area contributed by atoms with Crippen LogP contribution in [0.1, 0.15) is 35.2 Å². The predicted octanol–water partition coefficient (Wildman–Crippen LogP) is 1.62. The van der Waals surface area contributed by atoms with Gasteiger partial charge in [-0.15, -0.1) is 24.8 Å². The molecule has 3 N–H and O–H groups in total. The molecule has 1 aromatic carbocycles. The number of sulfone groups is 1. The number of hydrogen-bond acceptors (Lipinski definition) is 5. The molecule has 1 aromatic rings. The van der Waals surface area contributed by atoms with Gasteiger partial charge in [0.25, 0.3) is 5.91 Å². The molecule has 27 heavy (non-hydrogen) atoms. The van der Waals surface area contributed by atoms with Crippen molar-refractivity contribution in [1.82, 2.24) is 10.2 Å². The van der Waals surface area contributed by atoms with Gasteiger partial charge in [0.2, 0.25) is 0 Å². The molecular formula is C18H29Cl2N3O3S. The molecule has 9 heteroatoms. The Morgan fingerprint density at radius 2 is 1.89 bits per heavy atom. The average molecular weight is 438 g/mol. The number of nitrogens with one attached hydrogen (secondary N) is 1. The minimum absolute atomic E-state index is 0. The SMILES string of the molecule is Cl.Cl.NCC1CCCC1NC(=O)c1cccc(CN2CCS(=O)(=O)CC2)c1. The number of nitrogens with two attached hydrogens (primary N) is 1. The van der Waals surface area contributed by atoms with E-state index >= 15 is 0 Å². The molecule has 2 fully saturated rings. The minimum Gasteiger partial charge on any atom is -0.349 e. The molecule has 1 amide bonds. The first-order valence-electron chi connectivity index (χ1n) is 8.99. The van der Waals surface area contributed by atoms with E-state index in [0.717, 1.165) is 24.8 Å². The van der Waals surface area contributed by atoms with Crippen molar-refractivity contribution in [2.45, 2.75) is 31.8 Å². The lowest BCUT2D eigenvalue weighted by molar-refractivity contribution is 0.0928. The Morgan fingerprint density at radius 3 is 2.56 bits per heavy atom. The number of rotatable bonds is 5. The Balaban J connectivity index is 0.00000182. The largest absolute Gasteiger partial charge is 0.349 e. The van der Waals surface area contributed by atoms with E-state index in [2.05, 4.69) is 10.2 Å². The maximum atomic E-state index is 12.5. The van der Waals surface area contributed by atoms with Crippen molar-refractivity contribution in [2.24, 2.45) is 11.7 Å². The molecule has 1 aliphatic carbocycles. The van der Waals surface area contributed by atoms with E-state index in [1.807, 2.05) is 24.3 Å². The van der Waals surface area contributed by atoms with Gasteiger partial charge in [0.05, 0.1) is 11.5 Å². The third-order valence-electron chi connectivity index (χ3n) is 5.31. The maximum Gasteiger partial charge on any atom is 0.251 e. The van der Waals surface area contributed by atoms with E-state index < -0.39 is 9.84 Å². The van der Waals surface area contributed by atoms with Crippen LogP contribution in [-0.4, -0.2) is 56.4 Å². The van der Waals surface area contributed by atoms with Crippen LogP contribution < -0.4 is 11.1 Å². The fraction of sp³-hybridized carbons (Fsp3) is 0.611. The lowest BCUT2D eigenvalue weighted by Crippen LogP contribution is -2.40. The molecule has 2 aliphatic rings. The van der Waals surface area contributed by atoms with E-state index in [-0.39, 0.29) is 48.3 Å². The van der Waals surface area contributed by atoms with E-state index in [4.69, 9.17) is 5.73 Å². The fourth-order valence-corrected chi connectivity index (χ4v) is 5.02. The minimum atomic E-state index is -2.87. The van der Waals surface area contributed by atoms with Crippen LogP contribution in [0.2, 0.25) is 0 Å². The van der Waals surface area contributed by atoms with Gasteiger partial charge in [-0.1, -0.05) is 18.6 Å². The quantitative estimate of drug-likeness (QED) is 0.729. The molecule has 1 saturated heterocycles. The number of benzene rings is 1. The molecule has 1 saturated carbocycles. The third kappa shape index (κ3) is 6.61. The molecule has 0 aromatic heterocycles. The zero-order chi connectivity index (χ0) is 17.9. The first kappa shape index (κ1) is 24.2. The van der Waals surface area contributed by atoms with Crippen molar-refractivity contribution in [2.75, 3.05) is 31.1 Å². The van der Waals surface area contributed by atoms with E-state index in [1.54, 1.807) is 0 Å². The van der Waals surface area contributed by atoms with Crippen LogP contribution in [0.4, 0.5) is 0 Å². The second-order valence-electron chi connectivity index (χ2n) is 7.13. The van der Waals surface area contributed by atoms with Crippen molar-refractivity contribution in [3.8, 4) is 0 Å². The fourth-order valence-electron chi connectivity index (χ4n) is 3.74. The van der Waals surface area contributed by atoms with E-state index in [9.17, 15) is 13.2 Å². The summed E-state index contributed by atoms with van der Waals surface area (Å²) < 4.78 is 23.0. The highest BCUT2D eigenvalue weighted by Gasteiger charge is 2.27. The van der Waals surface area contributed by atoms with Gasteiger partial charge in [-0.3, -0.25) is 9.69 Å². The third-order valence-corrected chi connectivity index (χ3v) is 6.92. The molecule has 0 radical (unpaired) electrons. The standard InChI is InChI=1S/C18H27N3O3S.2ClH/c19-12-16-5-2-6-17(16)20-18(22)15-4-1-3-14(11-15)13-21-7-9-25(23,24)10-8-21;;/h1,3-4,11,16-17H,2,5-10,12-13,19H2,(H,20,22);2*1H. The summed E-state index contributed by atoms with van der Waals surface area (Å²) in [6, 6.07) is 7.78. The van der Waals surface area contributed by atoms with Crippen LogP contribution >= 0.6 is 24.8 Å². The summed E-state index contributed by atoms with van der Waals surface area (Å²) in [7, 11) is -2.87. The van der Waals surface area contributed by atoms with Crippen LogP contribution in [0.5, 0.6) is 0 Å². The first-order valence-corrected chi connectivity index (χ1v) is 10.8. The molecule has 1 aliphatic heterocycles. The molecule has 2 atom stereocenters. The van der Waals surface area contributed by atoms with Gasteiger partial charge in [0.1, 0.15) is 0 Å². The van der Waals surface area contributed by atoms with Crippen LogP contribution in [0, 0.1) is 5.92 Å². The van der Waals surface area contributed by atoms with Crippen LogP contribution in [0.15, 0.2) is 24.3 Å².